The minimum absolute atomic E-state index is 0.0219. The third-order valence-electron chi connectivity index (χ3n) is 2.67. The Labute approximate surface area is 100 Å². The van der Waals surface area contributed by atoms with Crippen molar-refractivity contribution in [1.29, 1.82) is 0 Å². The fourth-order valence-electron chi connectivity index (χ4n) is 1.76. The Bertz CT molecular complexity index is 493. The number of aliphatic hydroxyl groups is 3. The van der Waals surface area contributed by atoms with Gasteiger partial charge in [0, 0.05) is 6.20 Å². The molecule has 1 saturated heterocycles. The van der Waals surface area contributed by atoms with Gasteiger partial charge in [0.2, 0.25) is 6.36 Å². The minimum Gasteiger partial charge on any atom is -0.387 e. The number of rotatable bonds is 2. The summed E-state index contributed by atoms with van der Waals surface area (Å²) in [6, 6.07) is 1.28. The van der Waals surface area contributed by atoms with Crippen molar-refractivity contribution in [2.45, 2.75) is 30.9 Å². The number of anilines is 1. The van der Waals surface area contributed by atoms with Crippen molar-refractivity contribution in [3.8, 4) is 0 Å². The number of nitrogen functional groups attached to an aromatic ring is 1. The van der Waals surface area contributed by atoms with Crippen LogP contribution in [-0.2, 0) is 4.74 Å². The van der Waals surface area contributed by atoms with Crippen molar-refractivity contribution in [2.75, 3.05) is 5.73 Å². The van der Waals surface area contributed by atoms with Gasteiger partial charge in [0.1, 0.15) is 24.1 Å². The number of nitrogens with zero attached hydrogens (tertiary/aromatic N) is 2. The second-order valence-corrected chi connectivity index (χ2v) is 3.89. The number of aliphatic hydroxyl groups excluding tert-OH is 3. The van der Waals surface area contributed by atoms with Crippen LogP contribution in [-0.4, -0.2) is 49.5 Å². The first-order valence-corrected chi connectivity index (χ1v) is 5.10. The predicted molar refractivity (Wildman–Crippen MR) is 55.9 cm³/mol. The lowest BCUT2D eigenvalue weighted by molar-refractivity contribution is -0.131. The zero-order chi connectivity index (χ0) is 13.4. The van der Waals surface area contributed by atoms with Gasteiger partial charge in [0.05, 0.1) is 0 Å². The van der Waals surface area contributed by atoms with Gasteiger partial charge in [-0.25, -0.2) is 9.18 Å². The number of halogens is 1. The fourth-order valence-corrected chi connectivity index (χ4v) is 1.76. The summed E-state index contributed by atoms with van der Waals surface area (Å²) in [5, 5.41) is 27.9. The van der Waals surface area contributed by atoms with Gasteiger partial charge in [0.15, 0.2) is 6.23 Å². The number of aromatic nitrogens is 2. The molecule has 0 amide bonds. The second-order valence-electron chi connectivity index (χ2n) is 3.89. The summed E-state index contributed by atoms with van der Waals surface area (Å²) in [6.07, 6.45) is -7.47. The van der Waals surface area contributed by atoms with E-state index in [1.807, 2.05) is 0 Å². The normalized spacial score (nSPS) is 33.6. The van der Waals surface area contributed by atoms with Crippen LogP contribution < -0.4 is 11.4 Å². The molecule has 0 saturated carbocycles. The molecular weight excluding hydrogens is 249 g/mol. The quantitative estimate of drug-likeness (QED) is 0.472. The number of alkyl halides is 1. The van der Waals surface area contributed by atoms with E-state index in [0.717, 1.165) is 4.57 Å². The van der Waals surface area contributed by atoms with Gasteiger partial charge >= 0.3 is 5.69 Å². The molecule has 9 heteroatoms. The van der Waals surface area contributed by atoms with Gasteiger partial charge < -0.3 is 25.8 Å². The van der Waals surface area contributed by atoms with Gasteiger partial charge in [-0.2, -0.15) is 4.98 Å². The molecule has 0 aromatic carbocycles. The van der Waals surface area contributed by atoms with E-state index in [4.69, 9.17) is 15.6 Å². The highest BCUT2D eigenvalue weighted by Crippen LogP contribution is 2.30. The average molecular weight is 261 g/mol. The maximum atomic E-state index is 12.7. The molecule has 8 nitrogen and oxygen atoms in total. The Morgan fingerprint density at radius 1 is 1.50 bits per heavy atom. The summed E-state index contributed by atoms with van der Waals surface area (Å²) >= 11 is 0. The standard InChI is InChI=1S/C9H12FN3O5/c10-7(16)6-4(14)5(15)8(18-6)13-2-1-3(11)12-9(13)17/h1-2,4-8,14-16H,(H2,11,12,17)/t4-,5-,6-,7?,8?/m0/s1. The SMILES string of the molecule is Nc1ccn(C2O[C@H](C(O)F)[C@@H](O)[C@@H]2O)c(=O)n1. The highest BCUT2D eigenvalue weighted by Gasteiger charge is 2.47. The molecule has 2 heterocycles. The monoisotopic (exact) mass is 261 g/mol. The molecule has 2 rings (SSSR count). The van der Waals surface area contributed by atoms with E-state index >= 15 is 0 Å². The highest BCUT2D eigenvalue weighted by molar-refractivity contribution is 5.23. The Kier molecular flexibility index (Phi) is 3.30. The molecule has 5 atom stereocenters. The molecule has 0 spiro atoms. The first kappa shape index (κ1) is 12.9. The molecule has 0 aliphatic carbocycles. The van der Waals surface area contributed by atoms with E-state index in [1.165, 1.54) is 12.3 Å². The van der Waals surface area contributed by atoms with Gasteiger partial charge in [0.25, 0.3) is 0 Å². The van der Waals surface area contributed by atoms with Gasteiger partial charge in [-0.05, 0) is 6.07 Å². The lowest BCUT2D eigenvalue weighted by Crippen LogP contribution is -2.37. The number of hydrogen-bond acceptors (Lipinski definition) is 7. The van der Waals surface area contributed by atoms with Crippen molar-refractivity contribution >= 4 is 5.82 Å². The highest BCUT2D eigenvalue weighted by atomic mass is 19.1. The van der Waals surface area contributed by atoms with E-state index in [2.05, 4.69) is 4.98 Å². The van der Waals surface area contributed by atoms with E-state index < -0.39 is 36.6 Å². The molecule has 100 valence electrons. The zero-order valence-corrected chi connectivity index (χ0v) is 9.05. The van der Waals surface area contributed by atoms with Crippen molar-refractivity contribution < 1.29 is 24.4 Å². The van der Waals surface area contributed by atoms with Crippen LogP contribution in [0.25, 0.3) is 0 Å². The van der Waals surface area contributed by atoms with Crippen LogP contribution in [0.2, 0.25) is 0 Å². The van der Waals surface area contributed by atoms with Crippen molar-refractivity contribution in [3.05, 3.63) is 22.7 Å². The third-order valence-corrected chi connectivity index (χ3v) is 2.67. The largest absolute Gasteiger partial charge is 0.387 e. The van der Waals surface area contributed by atoms with Crippen molar-refractivity contribution in [2.24, 2.45) is 0 Å². The predicted octanol–water partition coefficient (Wildman–Crippen LogP) is -2.27. The molecule has 1 aliphatic heterocycles. The number of nitrogens with two attached hydrogens (primary N) is 1. The lowest BCUT2D eigenvalue weighted by Gasteiger charge is -2.16. The maximum Gasteiger partial charge on any atom is 0.351 e. The smallest absolute Gasteiger partial charge is 0.351 e. The van der Waals surface area contributed by atoms with E-state index in [9.17, 15) is 19.4 Å². The first-order chi connectivity index (χ1) is 8.41. The number of hydrogen-bond donors (Lipinski definition) is 4. The minimum atomic E-state index is -2.47. The lowest BCUT2D eigenvalue weighted by atomic mass is 10.1. The molecule has 18 heavy (non-hydrogen) atoms. The van der Waals surface area contributed by atoms with E-state index in [1.54, 1.807) is 0 Å². The third kappa shape index (κ3) is 2.08. The summed E-state index contributed by atoms with van der Waals surface area (Å²) in [5.74, 6) is -0.0219. The Morgan fingerprint density at radius 2 is 2.17 bits per heavy atom. The average Bonchev–Trinajstić information content (AvgIpc) is 2.57. The molecule has 1 aliphatic rings. The summed E-state index contributed by atoms with van der Waals surface area (Å²) in [4.78, 5) is 14.9. The van der Waals surface area contributed by atoms with Crippen LogP contribution in [0.1, 0.15) is 6.23 Å². The molecule has 1 fully saturated rings. The second kappa shape index (κ2) is 4.61. The van der Waals surface area contributed by atoms with Crippen LogP contribution in [0.4, 0.5) is 10.2 Å². The summed E-state index contributed by atoms with van der Waals surface area (Å²) in [7, 11) is 0. The molecule has 2 unspecified atom stereocenters. The van der Waals surface area contributed by atoms with Crippen LogP contribution in [0.5, 0.6) is 0 Å². The van der Waals surface area contributed by atoms with Gasteiger partial charge in [-0.3, -0.25) is 4.57 Å². The zero-order valence-electron chi connectivity index (χ0n) is 9.05. The Balaban J connectivity index is 2.32. The number of ether oxygens (including phenoxy) is 1. The molecule has 1 aromatic heterocycles. The topological polar surface area (TPSA) is 131 Å². The molecule has 0 bridgehead atoms. The van der Waals surface area contributed by atoms with Crippen LogP contribution >= 0.6 is 0 Å². The summed E-state index contributed by atoms with van der Waals surface area (Å²) < 4.78 is 18.5. The summed E-state index contributed by atoms with van der Waals surface area (Å²) in [5.41, 5.74) is 4.47. The van der Waals surface area contributed by atoms with Crippen molar-refractivity contribution in [1.82, 2.24) is 9.55 Å². The summed E-state index contributed by atoms with van der Waals surface area (Å²) in [6.45, 7) is 0. The van der Waals surface area contributed by atoms with Gasteiger partial charge in [-0.15, -0.1) is 0 Å². The fraction of sp³-hybridized carbons (Fsp3) is 0.556. The van der Waals surface area contributed by atoms with E-state index in [0.29, 0.717) is 0 Å². The molecule has 5 N–H and O–H groups in total. The Hall–Kier alpha value is -1.55. The van der Waals surface area contributed by atoms with Crippen LogP contribution in [0.3, 0.4) is 0 Å². The molecule has 0 radical (unpaired) electrons. The van der Waals surface area contributed by atoms with E-state index in [-0.39, 0.29) is 5.82 Å². The van der Waals surface area contributed by atoms with Crippen molar-refractivity contribution in [3.63, 3.8) is 0 Å². The Morgan fingerprint density at radius 3 is 2.67 bits per heavy atom. The molecular formula is C9H12FN3O5. The first-order valence-electron chi connectivity index (χ1n) is 5.10. The van der Waals surface area contributed by atoms with Crippen LogP contribution in [0, 0.1) is 0 Å². The van der Waals surface area contributed by atoms with Gasteiger partial charge in [-0.1, -0.05) is 0 Å². The maximum absolute atomic E-state index is 12.7. The van der Waals surface area contributed by atoms with Crippen LogP contribution in [0.15, 0.2) is 17.1 Å². The molecule has 1 aromatic rings.